The van der Waals surface area contributed by atoms with Crippen molar-refractivity contribution in [1.29, 1.82) is 0 Å². The Labute approximate surface area is 289 Å². The van der Waals surface area contributed by atoms with Gasteiger partial charge in [0.1, 0.15) is 22.0 Å². The molecule has 17 heteroatoms. The van der Waals surface area contributed by atoms with E-state index in [1.807, 2.05) is 0 Å². The molecule has 7 N–H and O–H groups in total. The minimum Gasteiger partial charge on any atom is -0.506 e. The molecule has 0 heterocycles. The second kappa shape index (κ2) is 13.2. The van der Waals surface area contributed by atoms with Crippen LogP contribution in [0.25, 0.3) is 21.5 Å². The van der Waals surface area contributed by atoms with Crippen LogP contribution in [0.4, 0.5) is 34.1 Å². The van der Waals surface area contributed by atoms with Crippen molar-refractivity contribution in [3.8, 4) is 11.5 Å². The van der Waals surface area contributed by atoms with E-state index >= 15 is 0 Å². The first-order valence-electron chi connectivity index (χ1n) is 14.7. The third kappa shape index (κ3) is 7.51. The highest BCUT2D eigenvalue weighted by molar-refractivity contribution is 7.86. The topological polar surface area (TPSA) is 254 Å². The number of anilines is 2. The Balaban J connectivity index is 1.27. The Morgan fingerprint density at radius 3 is 2.08 bits per heavy atom. The van der Waals surface area contributed by atoms with Crippen molar-refractivity contribution >= 4 is 81.8 Å². The number of amides is 1. The average Bonchev–Trinajstić information content (AvgIpc) is 3.07. The largest absolute Gasteiger partial charge is 0.506 e. The van der Waals surface area contributed by atoms with Gasteiger partial charge in [0.15, 0.2) is 5.75 Å². The van der Waals surface area contributed by atoms with Crippen LogP contribution < -0.4 is 11.1 Å². The number of aromatic hydroxyl groups is 2. The van der Waals surface area contributed by atoms with E-state index in [9.17, 15) is 40.9 Å². The Kier molecular flexibility index (Phi) is 8.96. The zero-order chi connectivity index (χ0) is 36.7. The van der Waals surface area contributed by atoms with Gasteiger partial charge in [-0.2, -0.15) is 27.1 Å². The predicted octanol–water partition coefficient (Wildman–Crippen LogP) is 7.87. The summed E-state index contributed by atoms with van der Waals surface area (Å²) < 4.78 is 66.9. The second-order valence-electron chi connectivity index (χ2n) is 11.3. The number of nitrogens with one attached hydrogen (secondary N) is 1. The van der Waals surface area contributed by atoms with Crippen molar-refractivity contribution in [2.24, 2.45) is 20.5 Å². The van der Waals surface area contributed by atoms with Crippen LogP contribution in [0.15, 0.2) is 127 Å². The first kappa shape index (κ1) is 34.6. The molecule has 6 rings (SSSR count). The van der Waals surface area contributed by atoms with Crippen LogP contribution in [-0.2, 0) is 20.2 Å². The standard InChI is InChI=1S/C34H26N6O9S2/c1-18-12-29(30(41)17-28(18)38-37-25-8-4-21-15-26(50(44,45)46)10-5-20(21)13-25)39-40-32-31(51(47,48)49)16-22-14-24(9-11-27(22)33(32)42)36-34(43)19-2-6-23(35)7-3-19/h2-17,41-42H,35H2,1H3,(H,36,43)(H,44,45,46)(H,47,48,49). The van der Waals surface area contributed by atoms with Crippen molar-refractivity contribution in [3.63, 3.8) is 0 Å². The van der Waals surface area contributed by atoms with Gasteiger partial charge in [-0.05, 0) is 108 Å². The maximum atomic E-state index is 12.7. The summed E-state index contributed by atoms with van der Waals surface area (Å²) in [6.45, 7) is 1.64. The molecular formula is C34H26N6O9S2. The summed E-state index contributed by atoms with van der Waals surface area (Å²) in [5.74, 6) is -1.51. The Bertz CT molecular complexity index is 2680. The number of carbonyl (C=O) groups is 1. The molecule has 6 aromatic carbocycles. The number of phenolic OH excluding ortho intramolecular Hbond substituents is 2. The number of rotatable bonds is 8. The predicted molar refractivity (Wildman–Crippen MR) is 189 cm³/mol. The summed E-state index contributed by atoms with van der Waals surface area (Å²) >= 11 is 0. The number of benzene rings is 6. The molecule has 258 valence electrons. The molecule has 0 spiro atoms. The van der Waals surface area contributed by atoms with E-state index in [2.05, 4.69) is 25.8 Å². The van der Waals surface area contributed by atoms with Gasteiger partial charge in [0.25, 0.3) is 26.1 Å². The number of carbonyl (C=O) groups excluding carboxylic acids is 1. The zero-order valence-corrected chi connectivity index (χ0v) is 27.9. The van der Waals surface area contributed by atoms with Crippen LogP contribution in [0.5, 0.6) is 11.5 Å². The van der Waals surface area contributed by atoms with Gasteiger partial charge in [-0.15, -0.1) is 10.2 Å². The first-order chi connectivity index (χ1) is 24.1. The lowest BCUT2D eigenvalue weighted by molar-refractivity contribution is 0.102. The van der Waals surface area contributed by atoms with Crippen LogP contribution in [0.1, 0.15) is 15.9 Å². The number of hydrogen-bond acceptors (Lipinski definition) is 12. The SMILES string of the molecule is Cc1cc(N=Nc2c(S(=O)(=O)O)cc3cc(NC(=O)c4ccc(N)cc4)ccc3c2O)c(O)cc1N=Nc1ccc2cc(S(=O)(=O)O)ccc2c1. The van der Waals surface area contributed by atoms with Crippen molar-refractivity contribution < 1.29 is 40.9 Å². The summed E-state index contributed by atoms with van der Waals surface area (Å²) in [5.41, 5.74) is 7.17. The van der Waals surface area contributed by atoms with Gasteiger partial charge >= 0.3 is 0 Å². The summed E-state index contributed by atoms with van der Waals surface area (Å²) in [6, 6.07) is 23.1. The maximum Gasteiger partial charge on any atom is 0.296 e. The Hall–Kier alpha value is -6.27. The third-order valence-corrected chi connectivity index (χ3v) is 9.39. The molecule has 0 radical (unpaired) electrons. The van der Waals surface area contributed by atoms with E-state index in [1.165, 1.54) is 60.7 Å². The lowest BCUT2D eigenvalue weighted by atomic mass is 10.1. The van der Waals surface area contributed by atoms with Crippen LogP contribution in [-0.4, -0.2) is 42.1 Å². The molecule has 0 unspecified atom stereocenters. The molecule has 0 bridgehead atoms. The number of phenols is 2. The number of nitrogens with two attached hydrogens (primary N) is 1. The summed E-state index contributed by atoms with van der Waals surface area (Å²) in [6.07, 6.45) is 0. The van der Waals surface area contributed by atoms with Crippen molar-refractivity contribution in [2.75, 3.05) is 11.1 Å². The molecule has 1 amide bonds. The molecule has 0 aliphatic carbocycles. The molecule has 0 atom stereocenters. The molecule has 15 nitrogen and oxygen atoms in total. The number of nitrogen functional groups attached to an aromatic ring is 1. The molecule has 6 aromatic rings. The second-order valence-corrected chi connectivity index (χ2v) is 14.1. The highest BCUT2D eigenvalue weighted by Crippen LogP contribution is 2.43. The van der Waals surface area contributed by atoms with Gasteiger partial charge < -0.3 is 21.3 Å². The van der Waals surface area contributed by atoms with E-state index in [4.69, 9.17) is 5.73 Å². The monoisotopic (exact) mass is 726 g/mol. The molecule has 0 saturated heterocycles. The number of hydrogen-bond donors (Lipinski definition) is 6. The summed E-state index contributed by atoms with van der Waals surface area (Å²) in [7, 11) is -9.32. The maximum absolute atomic E-state index is 12.7. The highest BCUT2D eigenvalue weighted by Gasteiger charge is 2.23. The summed E-state index contributed by atoms with van der Waals surface area (Å²) in [4.78, 5) is 11.6. The summed E-state index contributed by atoms with van der Waals surface area (Å²) in [5, 5.41) is 42.0. The minimum absolute atomic E-state index is 0.117. The Morgan fingerprint density at radius 2 is 1.37 bits per heavy atom. The van der Waals surface area contributed by atoms with Crippen molar-refractivity contribution in [1.82, 2.24) is 0 Å². The fraction of sp³-hybridized carbons (Fsp3) is 0.0294. The Morgan fingerprint density at radius 1 is 0.686 bits per heavy atom. The van der Waals surface area contributed by atoms with Gasteiger partial charge in [-0.3, -0.25) is 13.9 Å². The highest BCUT2D eigenvalue weighted by atomic mass is 32.2. The smallest absolute Gasteiger partial charge is 0.296 e. The van der Waals surface area contributed by atoms with E-state index in [0.717, 1.165) is 6.07 Å². The lowest BCUT2D eigenvalue weighted by Gasteiger charge is -2.11. The number of aryl methyl sites for hydroxylation is 1. The molecule has 0 aliphatic rings. The quantitative estimate of drug-likeness (QED) is 0.0502. The van der Waals surface area contributed by atoms with E-state index in [0.29, 0.717) is 33.3 Å². The number of nitrogens with zero attached hydrogens (tertiary/aromatic N) is 4. The molecule has 0 aromatic heterocycles. The van der Waals surface area contributed by atoms with Gasteiger partial charge in [0, 0.05) is 28.4 Å². The molecule has 51 heavy (non-hydrogen) atoms. The molecular weight excluding hydrogens is 701 g/mol. The van der Waals surface area contributed by atoms with E-state index in [-0.39, 0.29) is 32.7 Å². The fourth-order valence-corrected chi connectivity index (χ4v) is 6.24. The van der Waals surface area contributed by atoms with Crippen LogP contribution in [0.2, 0.25) is 0 Å². The lowest BCUT2D eigenvalue weighted by Crippen LogP contribution is -2.11. The first-order valence-corrected chi connectivity index (χ1v) is 17.6. The van der Waals surface area contributed by atoms with Crippen LogP contribution >= 0.6 is 0 Å². The van der Waals surface area contributed by atoms with E-state index < -0.39 is 48.2 Å². The normalized spacial score (nSPS) is 12.3. The van der Waals surface area contributed by atoms with E-state index in [1.54, 1.807) is 37.3 Å². The van der Waals surface area contributed by atoms with Crippen LogP contribution in [0, 0.1) is 6.92 Å². The zero-order valence-electron chi connectivity index (χ0n) is 26.3. The fourth-order valence-electron chi connectivity index (χ4n) is 5.07. The van der Waals surface area contributed by atoms with Gasteiger partial charge in [0.05, 0.1) is 16.3 Å². The van der Waals surface area contributed by atoms with Crippen molar-refractivity contribution in [2.45, 2.75) is 16.7 Å². The number of fused-ring (bicyclic) bond motifs is 2. The molecule has 0 saturated carbocycles. The average molecular weight is 727 g/mol. The molecule has 0 aliphatic heterocycles. The van der Waals surface area contributed by atoms with Gasteiger partial charge in [-0.1, -0.05) is 12.1 Å². The van der Waals surface area contributed by atoms with Crippen LogP contribution in [0.3, 0.4) is 0 Å². The number of azo groups is 2. The van der Waals surface area contributed by atoms with Gasteiger partial charge in [-0.25, -0.2) is 0 Å². The molecule has 0 fully saturated rings. The minimum atomic E-state index is -4.96. The van der Waals surface area contributed by atoms with Gasteiger partial charge in [0.2, 0.25) is 0 Å². The third-order valence-electron chi connectivity index (χ3n) is 7.68. The van der Waals surface area contributed by atoms with Crippen molar-refractivity contribution in [3.05, 3.63) is 108 Å².